The third-order valence-corrected chi connectivity index (χ3v) is 3.05. The third kappa shape index (κ3) is 2.34. The quantitative estimate of drug-likeness (QED) is 0.846. The molecular weight excluding hydrogens is 198 g/mol. The summed E-state index contributed by atoms with van der Waals surface area (Å²) >= 11 is 0. The number of rotatable bonds is 4. The van der Waals surface area contributed by atoms with Crippen LogP contribution in [0.15, 0.2) is 0 Å². The summed E-state index contributed by atoms with van der Waals surface area (Å²) in [7, 11) is 0. The van der Waals surface area contributed by atoms with Crippen LogP contribution in [-0.2, 0) is 19.3 Å². The topological polar surface area (TPSA) is 37.8 Å². The third-order valence-electron chi connectivity index (χ3n) is 3.05. The Kier molecular flexibility index (Phi) is 3.75. The Morgan fingerprint density at radius 1 is 1.12 bits per heavy atom. The van der Waals surface area contributed by atoms with Gasteiger partial charge in [0.05, 0.1) is 0 Å². The predicted octanol–water partition coefficient (Wildman–Crippen LogP) is 2.74. The van der Waals surface area contributed by atoms with Gasteiger partial charge in [0.25, 0.3) is 0 Å². The maximum atomic E-state index is 4.69. The average molecular weight is 219 g/mol. The van der Waals surface area contributed by atoms with Crippen molar-refractivity contribution in [2.75, 3.05) is 11.9 Å². The number of nitrogens with zero attached hydrogens (tertiary/aromatic N) is 2. The monoisotopic (exact) mass is 219 g/mol. The van der Waals surface area contributed by atoms with E-state index >= 15 is 0 Å². The minimum Gasteiger partial charge on any atom is -0.370 e. The first-order valence-corrected chi connectivity index (χ1v) is 6.47. The molecule has 0 saturated heterocycles. The lowest BCUT2D eigenvalue weighted by Crippen LogP contribution is -2.14. The lowest BCUT2D eigenvalue weighted by atomic mass is 9.96. The number of nitrogens with one attached hydrogen (secondary N) is 1. The first-order chi connectivity index (χ1) is 7.85. The van der Waals surface area contributed by atoms with Gasteiger partial charge in [0.1, 0.15) is 11.6 Å². The first kappa shape index (κ1) is 11.4. The summed E-state index contributed by atoms with van der Waals surface area (Å²) in [5, 5.41) is 3.38. The number of aryl methyl sites for hydroxylation is 2. The van der Waals surface area contributed by atoms with E-state index in [-0.39, 0.29) is 0 Å². The molecule has 0 unspecified atom stereocenters. The van der Waals surface area contributed by atoms with Crippen LogP contribution >= 0.6 is 0 Å². The summed E-state index contributed by atoms with van der Waals surface area (Å²) in [5.74, 6) is 2.11. The lowest BCUT2D eigenvalue weighted by molar-refractivity contribution is 0.653. The van der Waals surface area contributed by atoms with Crippen LogP contribution in [0.5, 0.6) is 0 Å². The van der Waals surface area contributed by atoms with E-state index in [1.807, 2.05) is 0 Å². The summed E-state index contributed by atoms with van der Waals surface area (Å²) in [6, 6.07) is 0. The zero-order valence-corrected chi connectivity index (χ0v) is 10.3. The van der Waals surface area contributed by atoms with Gasteiger partial charge in [-0.15, -0.1) is 0 Å². The molecule has 1 aromatic heterocycles. The number of anilines is 1. The smallest absolute Gasteiger partial charge is 0.133 e. The van der Waals surface area contributed by atoms with Crippen molar-refractivity contribution >= 4 is 5.82 Å². The van der Waals surface area contributed by atoms with Gasteiger partial charge in [-0.2, -0.15) is 0 Å². The fourth-order valence-corrected chi connectivity index (χ4v) is 2.29. The fraction of sp³-hybridized carbons (Fsp3) is 0.692. The molecule has 1 aliphatic rings. The molecule has 2 rings (SSSR count). The van der Waals surface area contributed by atoms with Gasteiger partial charge in [-0.05, 0) is 39.0 Å². The Labute approximate surface area is 97.7 Å². The van der Waals surface area contributed by atoms with Crippen LogP contribution in [0.25, 0.3) is 0 Å². The van der Waals surface area contributed by atoms with E-state index in [1.54, 1.807) is 0 Å². The van der Waals surface area contributed by atoms with Crippen molar-refractivity contribution in [3.63, 3.8) is 0 Å². The SMILES string of the molecule is CCCc1nc2c(c(NCC)n1)CCCC2. The molecule has 0 radical (unpaired) electrons. The maximum Gasteiger partial charge on any atom is 0.133 e. The molecule has 3 heteroatoms. The van der Waals surface area contributed by atoms with Crippen LogP contribution in [0, 0.1) is 0 Å². The van der Waals surface area contributed by atoms with Crippen molar-refractivity contribution in [2.24, 2.45) is 0 Å². The summed E-state index contributed by atoms with van der Waals surface area (Å²) in [5.41, 5.74) is 2.66. The molecule has 88 valence electrons. The van der Waals surface area contributed by atoms with Crippen LogP contribution in [0.4, 0.5) is 5.82 Å². The van der Waals surface area contributed by atoms with E-state index in [0.29, 0.717) is 0 Å². The van der Waals surface area contributed by atoms with Crippen molar-refractivity contribution in [1.82, 2.24) is 9.97 Å². The summed E-state index contributed by atoms with van der Waals surface area (Å²) < 4.78 is 0. The molecule has 0 spiro atoms. The van der Waals surface area contributed by atoms with E-state index in [1.165, 1.54) is 24.1 Å². The number of aromatic nitrogens is 2. The largest absolute Gasteiger partial charge is 0.370 e. The van der Waals surface area contributed by atoms with Crippen LogP contribution in [0.3, 0.4) is 0 Å². The second-order valence-electron chi connectivity index (χ2n) is 4.40. The van der Waals surface area contributed by atoms with Crippen molar-refractivity contribution in [1.29, 1.82) is 0 Å². The fourth-order valence-electron chi connectivity index (χ4n) is 2.29. The van der Waals surface area contributed by atoms with Crippen LogP contribution in [0.2, 0.25) is 0 Å². The first-order valence-electron chi connectivity index (χ1n) is 6.47. The Morgan fingerprint density at radius 3 is 2.69 bits per heavy atom. The van der Waals surface area contributed by atoms with Crippen LogP contribution in [-0.4, -0.2) is 16.5 Å². The molecule has 1 aromatic rings. The minimum atomic E-state index is 0.940. The molecule has 0 atom stereocenters. The molecule has 0 aliphatic heterocycles. The van der Waals surface area contributed by atoms with E-state index < -0.39 is 0 Å². The second kappa shape index (κ2) is 5.28. The van der Waals surface area contributed by atoms with Gasteiger partial charge in [-0.1, -0.05) is 6.92 Å². The molecule has 16 heavy (non-hydrogen) atoms. The molecule has 1 N–H and O–H groups in total. The van der Waals surface area contributed by atoms with Crippen molar-refractivity contribution < 1.29 is 0 Å². The Morgan fingerprint density at radius 2 is 1.94 bits per heavy atom. The zero-order chi connectivity index (χ0) is 11.4. The molecule has 1 aliphatic carbocycles. The molecule has 0 aromatic carbocycles. The van der Waals surface area contributed by atoms with Crippen LogP contribution < -0.4 is 5.32 Å². The van der Waals surface area contributed by atoms with Gasteiger partial charge in [0.15, 0.2) is 0 Å². The van der Waals surface area contributed by atoms with E-state index in [2.05, 4.69) is 24.1 Å². The zero-order valence-electron chi connectivity index (χ0n) is 10.3. The molecule has 0 saturated carbocycles. The number of fused-ring (bicyclic) bond motifs is 1. The minimum absolute atomic E-state index is 0.940. The summed E-state index contributed by atoms with van der Waals surface area (Å²) in [6.07, 6.45) is 6.94. The molecule has 1 heterocycles. The average Bonchev–Trinajstić information content (AvgIpc) is 2.30. The van der Waals surface area contributed by atoms with Crippen LogP contribution in [0.1, 0.15) is 50.2 Å². The van der Waals surface area contributed by atoms with Crippen molar-refractivity contribution in [2.45, 2.75) is 52.4 Å². The molecule has 0 bridgehead atoms. The van der Waals surface area contributed by atoms with Gasteiger partial charge in [-0.3, -0.25) is 0 Å². The normalized spacial score (nSPS) is 14.6. The van der Waals surface area contributed by atoms with Crippen molar-refractivity contribution in [3.8, 4) is 0 Å². The second-order valence-corrected chi connectivity index (χ2v) is 4.40. The Balaban J connectivity index is 2.35. The van der Waals surface area contributed by atoms with Gasteiger partial charge >= 0.3 is 0 Å². The summed E-state index contributed by atoms with van der Waals surface area (Å²) in [6.45, 7) is 5.24. The van der Waals surface area contributed by atoms with Gasteiger partial charge < -0.3 is 5.32 Å². The van der Waals surface area contributed by atoms with Crippen molar-refractivity contribution in [3.05, 3.63) is 17.1 Å². The number of hydrogen-bond acceptors (Lipinski definition) is 3. The molecule has 0 amide bonds. The highest BCUT2D eigenvalue weighted by Crippen LogP contribution is 2.25. The molecular formula is C13H21N3. The Bertz CT molecular complexity index is 360. The van der Waals surface area contributed by atoms with Gasteiger partial charge in [0, 0.05) is 24.2 Å². The van der Waals surface area contributed by atoms with Gasteiger partial charge in [-0.25, -0.2) is 9.97 Å². The van der Waals surface area contributed by atoms with E-state index in [0.717, 1.165) is 43.9 Å². The Hall–Kier alpha value is -1.12. The number of hydrogen-bond donors (Lipinski definition) is 1. The standard InChI is InChI=1S/C13H21N3/c1-3-7-12-15-11-9-6-5-8-10(11)13(16-12)14-4-2/h3-9H2,1-2H3,(H,14,15,16). The summed E-state index contributed by atoms with van der Waals surface area (Å²) in [4.78, 5) is 9.34. The molecule has 0 fully saturated rings. The highest BCUT2D eigenvalue weighted by molar-refractivity contribution is 5.47. The highest BCUT2D eigenvalue weighted by Gasteiger charge is 2.16. The predicted molar refractivity (Wildman–Crippen MR) is 66.8 cm³/mol. The van der Waals surface area contributed by atoms with Gasteiger partial charge in [0.2, 0.25) is 0 Å². The van der Waals surface area contributed by atoms with E-state index in [4.69, 9.17) is 4.98 Å². The molecule has 3 nitrogen and oxygen atoms in total. The lowest BCUT2D eigenvalue weighted by Gasteiger charge is -2.19. The highest BCUT2D eigenvalue weighted by atomic mass is 15.0. The van der Waals surface area contributed by atoms with E-state index in [9.17, 15) is 0 Å². The maximum absolute atomic E-state index is 4.69.